The van der Waals surface area contributed by atoms with Crippen molar-refractivity contribution >= 4 is 23.4 Å². The molecule has 0 aliphatic carbocycles. The summed E-state index contributed by atoms with van der Waals surface area (Å²) in [4.78, 5) is 0. The highest BCUT2D eigenvalue weighted by Crippen LogP contribution is 2.16. The van der Waals surface area contributed by atoms with Crippen molar-refractivity contribution < 1.29 is 0 Å². The molecule has 0 aliphatic heterocycles. The van der Waals surface area contributed by atoms with Gasteiger partial charge in [-0.25, -0.2) is 0 Å². The number of rotatable bonds is 5. The van der Waals surface area contributed by atoms with Gasteiger partial charge in [-0.3, -0.25) is 0 Å². The molecule has 0 N–H and O–H groups in total. The van der Waals surface area contributed by atoms with E-state index < -0.39 is 0 Å². The van der Waals surface area contributed by atoms with Crippen LogP contribution in [0.3, 0.4) is 0 Å². The second-order valence-corrected chi connectivity index (χ2v) is 5.07. The molecule has 2 heteroatoms. The Bertz CT molecular complexity index is 263. The first-order valence-electron chi connectivity index (χ1n) is 4.93. The van der Waals surface area contributed by atoms with Crippen LogP contribution in [0.25, 0.3) is 0 Å². The van der Waals surface area contributed by atoms with Crippen LogP contribution >= 0.6 is 23.4 Å². The Hall–Kier alpha value is -0.140. The van der Waals surface area contributed by atoms with Gasteiger partial charge in [-0.2, -0.15) is 11.8 Å². The quantitative estimate of drug-likeness (QED) is 0.539. The standard InChI is InChI=1S/C12H17ClS/c1-10-6-11(2)8-12(7-10)9-14-5-3-4-13/h6-8H,3-5,9H2,1-2H3. The summed E-state index contributed by atoms with van der Waals surface area (Å²) in [7, 11) is 0. The Morgan fingerprint density at radius 1 is 1.14 bits per heavy atom. The lowest BCUT2D eigenvalue weighted by Gasteiger charge is -2.04. The molecule has 0 radical (unpaired) electrons. The van der Waals surface area contributed by atoms with Crippen molar-refractivity contribution in [3.8, 4) is 0 Å². The van der Waals surface area contributed by atoms with Crippen molar-refractivity contribution in [3.63, 3.8) is 0 Å². The van der Waals surface area contributed by atoms with E-state index in [-0.39, 0.29) is 0 Å². The molecule has 0 nitrogen and oxygen atoms in total. The molecule has 0 fully saturated rings. The largest absolute Gasteiger partial charge is 0.157 e. The van der Waals surface area contributed by atoms with Crippen LogP contribution < -0.4 is 0 Å². The maximum atomic E-state index is 5.62. The van der Waals surface area contributed by atoms with Crippen LogP contribution in [-0.4, -0.2) is 11.6 Å². The minimum Gasteiger partial charge on any atom is -0.157 e. The molecule has 14 heavy (non-hydrogen) atoms. The average Bonchev–Trinajstić information content (AvgIpc) is 2.11. The number of hydrogen-bond acceptors (Lipinski definition) is 1. The third-order valence-corrected chi connectivity index (χ3v) is 3.35. The molecular formula is C12H17ClS. The molecule has 1 rings (SSSR count). The molecule has 1 aromatic rings. The summed E-state index contributed by atoms with van der Waals surface area (Å²) in [6, 6.07) is 6.74. The fraction of sp³-hybridized carbons (Fsp3) is 0.500. The summed E-state index contributed by atoms with van der Waals surface area (Å²) in [5, 5.41) is 0. The lowest BCUT2D eigenvalue weighted by Crippen LogP contribution is -1.87. The number of hydrogen-bond donors (Lipinski definition) is 0. The highest BCUT2D eigenvalue weighted by atomic mass is 35.5. The van der Waals surface area contributed by atoms with E-state index in [2.05, 4.69) is 32.0 Å². The van der Waals surface area contributed by atoms with Crippen LogP contribution in [0.1, 0.15) is 23.1 Å². The van der Waals surface area contributed by atoms with Crippen molar-refractivity contribution in [2.24, 2.45) is 0 Å². The van der Waals surface area contributed by atoms with Crippen molar-refractivity contribution in [2.45, 2.75) is 26.0 Å². The molecule has 0 saturated heterocycles. The van der Waals surface area contributed by atoms with Crippen molar-refractivity contribution in [1.82, 2.24) is 0 Å². The Labute approximate surface area is 96.0 Å². The molecule has 0 amide bonds. The Morgan fingerprint density at radius 2 is 1.79 bits per heavy atom. The molecule has 0 bridgehead atoms. The lowest BCUT2D eigenvalue weighted by molar-refractivity contribution is 1.11. The first-order chi connectivity index (χ1) is 6.72. The number of benzene rings is 1. The van der Waals surface area contributed by atoms with Gasteiger partial charge in [-0.1, -0.05) is 29.3 Å². The molecule has 0 atom stereocenters. The van der Waals surface area contributed by atoms with Gasteiger partial charge in [0.2, 0.25) is 0 Å². The smallest absolute Gasteiger partial charge is 0.0231 e. The van der Waals surface area contributed by atoms with E-state index in [1.807, 2.05) is 11.8 Å². The zero-order valence-corrected chi connectivity index (χ0v) is 10.4. The van der Waals surface area contributed by atoms with E-state index in [9.17, 15) is 0 Å². The number of aryl methyl sites for hydroxylation is 2. The van der Waals surface area contributed by atoms with Crippen molar-refractivity contribution in [2.75, 3.05) is 11.6 Å². The molecular weight excluding hydrogens is 212 g/mol. The molecule has 0 unspecified atom stereocenters. The fourth-order valence-corrected chi connectivity index (χ4v) is 2.69. The van der Waals surface area contributed by atoms with Crippen LogP contribution in [0.5, 0.6) is 0 Å². The van der Waals surface area contributed by atoms with Gasteiger partial charge in [0, 0.05) is 11.6 Å². The molecule has 0 heterocycles. The third-order valence-electron chi connectivity index (χ3n) is 1.97. The number of thioether (sulfide) groups is 1. The minimum absolute atomic E-state index is 0.778. The van der Waals surface area contributed by atoms with Crippen LogP contribution in [-0.2, 0) is 5.75 Å². The minimum atomic E-state index is 0.778. The zero-order chi connectivity index (χ0) is 10.4. The molecule has 0 saturated carbocycles. The van der Waals surface area contributed by atoms with Crippen LogP contribution in [0, 0.1) is 13.8 Å². The predicted octanol–water partition coefficient (Wildman–Crippen LogP) is 4.17. The van der Waals surface area contributed by atoms with Crippen LogP contribution in [0.2, 0.25) is 0 Å². The predicted molar refractivity (Wildman–Crippen MR) is 67.4 cm³/mol. The first-order valence-corrected chi connectivity index (χ1v) is 6.62. The second-order valence-electron chi connectivity index (χ2n) is 3.59. The average molecular weight is 229 g/mol. The van der Waals surface area contributed by atoms with Crippen molar-refractivity contribution in [3.05, 3.63) is 34.9 Å². The highest BCUT2D eigenvalue weighted by molar-refractivity contribution is 7.98. The van der Waals surface area contributed by atoms with E-state index in [0.717, 1.165) is 23.8 Å². The summed E-state index contributed by atoms with van der Waals surface area (Å²) in [6.45, 7) is 4.31. The fourth-order valence-electron chi connectivity index (χ4n) is 1.50. The summed E-state index contributed by atoms with van der Waals surface area (Å²) < 4.78 is 0. The molecule has 0 aromatic heterocycles. The van der Waals surface area contributed by atoms with E-state index in [1.54, 1.807) is 0 Å². The van der Waals surface area contributed by atoms with Crippen molar-refractivity contribution in [1.29, 1.82) is 0 Å². The van der Waals surface area contributed by atoms with Gasteiger partial charge in [0.1, 0.15) is 0 Å². The van der Waals surface area contributed by atoms with Gasteiger partial charge in [0.05, 0.1) is 0 Å². The normalized spacial score (nSPS) is 10.5. The maximum absolute atomic E-state index is 5.62. The Kier molecular flexibility index (Phi) is 5.42. The van der Waals surface area contributed by atoms with Gasteiger partial charge >= 0.3 is 0 Å². The van der Waals surface area contributed by atoms with E-state index in [4.69, 9.17) is 11.6 Å². The molecule has 1 aromatic carbocycles. The van der Waals surface area contributed by atoms with E-state index in [0.29, 0.717) is 0 Å². The zero-order valence-electron chi connectivity index (χ0n) is 8.85. The summed E-state index contributed by atoms with van der Waals surface area (Å²) >= 11 is 7.58. The molecule has 0 spiro atoms. The third kappa shape index (κ3) is 4.39. The van der Waals surface area contributed by atoms with Gasteiger partial charge < -0.3 is 0 Å². The first kappa shape index (κ1) is 11.9. The highest BCUT2D eigenvalue weighted by Gasteiger charge is 1.96. The van der Waals surface area contributed by atoms with Crippen LogP contribution in [0.4, 0.5) is 0 Å². The number of alkyl halides is 1. The van der Waals surface area contributed by atoms with E-state index >= 15 is 0 Å². The summed E-state index contributed by atoms with van der Waals surface area (Å²) in [6.07, 6.45) is 1.11. The summed E-state index contributed by atoms with van der Waals surface area (Å²) in [5.74, 6) is 3.05. The second kappa shape index (κ2) is 6.36. The SMILES string of the molecule is Cc1cc(C)cc(CSCCCCl)c1. The van der Waals surface area contributed by atoms with Gasteiger partial charge in [-0.05, 0) is 31.6 Å². The summed E-state index contributed by atoms with van der Waals surface area (Å²) in [5.41, 5.74) is 4.15. The van der Waals surface area contributed by atoms with Crippen LogP contribution in [0.15, 0.2) is 18.2 Å². The Balaban J connectivity index is 2.42. The topological polar surface area (TPSA) is 0 Å². The van der Waals surface area contributed by atoms with Gasteiger partial charge in [0.15, 0.2) is 0 Å². The van der Waals surface area contributed by atoms with Gasteiger partial charge in [0.25, 0.3) is 0 Å². The maximum Gasteiger partial charge on any atom is 0.0231 e. The van der Waals surface area contributed by atoms with E-state index in [1.165, 1.54) is 16.7 Å². The molecule has 78 valence electrons. The Morgan fingerprint density at radius 3 is 2.36 bits per heavy atom. The lowest BCUT2D eigenvalue weighted by atomic mass is 10.1. The molecule has 0 aliphatic rings. The number of halogens is 1. The van der Waals surface area contributed by atoms with Gasteiger partial charge in [-0.15, -0.1) is 11.6 Å². The monoisotopic (exact) mass is 228 g/mol.